The number of rotatable bonds is 10. The first kappa shape index (κ1) is 15.0. The summed E-state index contributed by atoms with van der Waals surface area (Å²) in [5, 5.41) is 3.61. The van der Waals surface area contributed by atoms with Gasteiger partial charge in [0.15, 0.2) is 0 Å². The molecule has 1 aromatic rings. The van der Waals surface area contributed by atoms with Gasteiger partial charge in [0.1, 0.15) is 5.75 Å². The van der Waals surface area contributed by atoms with Gasteiger partial charge in [-0.1, -0.05) is 38.5 Å². The average molecular weight is 249 g/mol. The summed E-state index contributed by atoms with van der Waals surface area (Å²) in [7, 11) is 0. The van der Waals surface area contributed by atoms with Gasteiger partial charge < -0.3 is 10.1 Å². The van der Waals surface area contributed by atoms with Crippen LogP contribution in [0.5, 0.6) is 5.75 Å². The number of hydrogen-bond donors (Lipinski definition) is 1. The number of nitrogens with one attached hydrogen (secondary N) is 1. The van der Waals surface area contributed by atoms with Gasteiger partial charge in [0, 0.05) is 6.04 Å². The molecule has 0 spiro atoms. The number of hydrogen-bond acceptors (Lipinski definition) is 2. The molecule has 0 amide bonds. The second kappa shape index (κ2) is 9.95. The van der Waals surface area contributed by atoms with E-state index in [0.29, 0.717) is 6.04 Å². The predicted molar refractivity (Wildman–Crippen MR) is 78.2 cm³/mol. The van der Waals surface area contributed by atoms with Gasteiger partial charge in [-0.05, 0) is 44.4 Å². The molecule has 2 nitrogen and oxygen atoms in total. The minimum atomic E-state index is 0.661. The van der Waals surface area contributed by atoms with E-state index in [1.807, 2.05) is 30.3 Å². The average Bonchev–Trinajstić information content (AvgIpc) is 2.42. The molecule has 18 heavy (non-hydrogen) atoms. The maximum absolute atomic E-state index is 5.71. The second-order valence-corrected chi connectivity index (χ2v) is 4.74. The third-order valence-corrected chi connectivity index (χ3v) is 3.03. The normalized spacial score (nSPS) is 12.3. The minimum absolute atomic E-state index is 0.661. The van der Waals surface area contributed by atoms with Gasteiger partial charge in [0.2, 0.25) is 0 Å². The van der Waals surface area contributed by atoms with Crippen molar-refractivity contribution < 1.29 is 4.74 Å². The molecular weight excluding hydrogens is 222 g/mol. The second-order valence-electron chi connectivity index (χ2n) is 4.74. The van der Waals surface area contributed by atoms with Gasteiger partial charge >= 0.3 is 0 Å². The summed E-state index contributed by atoms with van der Waals surface area (Å²) >= 11 is 0. The first-order valence-corrected chi connectivity index (χ1v) is 7.28. The molecule has 1 aromatic carbocycles. The fraction of sp³-hybridized carbons (Fsp3) is 0.625. The fourth-order valence-corrected chi connectivity index (χ4v) is 2.08. The van der Waals surface area contributed by atoms with E-state index in [2.05, 4.69) is 19.2 Å². The van der Waals surface area contributed by atoms with E-state index >= 15 is 0 Å². The van der Waals surface area contributed by atoms with Crippen molar-refractivity contribution in [3.05, 3.63) is 30.3 Å². The van der Waals surface area contributed by atoms with Crippen LogP contribution >= 0.6 is 0 Å². The summed E-state index contributed by atoms with van der Waals surface area (Å²) in [6, 6.07) is 10.7. The van der Waals surface area contributed by atoms with Crippen LogP contribution in [0.15, 0.2) is 30.3 Å². The molecule has 102 valence electrons. The van der Waals surface area contributed by atoms with Crippen LogP contribution in [0, 0.1) is 0 Å². The molecule has 0 saturated carbocycles. The highest BCUT2D eigenvalue weighted by Crippen LogP contribution is 2.10. The van der Waals surface area contributed by atoms with Crippen LogP contribution in [0.25, 0.3) is 0 Å². The van der Waals surface area contributed by atoms with Crippen LogP contribution in [0.4, 0.5) is 0 Å². The van der Waals surface area contributed by atoms with Crippen LogP contribution in [-0.4, -0.2) is 19.2 Å². The predicted octanol–water partition coefficient (Wildman–Crippen LogP) is 4.01. The van der Waals surface area contributed by atoms with Crippen molar-refractivity contribution in [3.63, 3.8) is 0 Å². The maximum Gasteiger partial charge on any atom is 0.119 e. The summed E-state index contributed by atoms with van der Waals surface area (Å²) in [4.78, 5) is 0. The Morgan fingerprint density at radius 1 is 1.06 bits per heavy atom. The Balaban J connectivity index is 2.14. The Kier molecular flexibility index (Phi) is 8.32. The van der Waals surface area contributed by atoms with Gasteiger partial charge in [0.25, 0.3) is 0 Å². The van der Waals surface area contributed by atoms with Crippen molar-refractivity contribution in [3.8, 4) is 5.75 Å². The van der Waals surface area contributed by atoms with Gasteiger partial charge in [-0.25, -0.2) is 0 Å². The lowest BCUT2D eigenvalue weighted by atomic mass is 10.1. The van der Waals surface area contributed by atoms with Crippen molar-refractivity contribution in [2.45, 2.75) is 52.0 Å². The van der Waals surface area contributed by atoms with Crippen molar-refractivity contribution >= 4 is 0 Å². The topological polar surface area (TPSA) is 21.3 Å². The molecule has 0 aliphatic rings. The molecule has 1 unspecified atom stereocenters. The molecular formula is C16H27NO. The lowest BCUT2D eigenvalue weighted by Crippen LogP contribution is -2.30. The lowest BCUT2D eigenvalue weighted by Gasteiger charge is -2.17. The third-order valence-electron chi connectivity index (χ3n) is 3.03. The molecule has 0 aliphatic carbocycles. The summed E-state index contributed by atoms with van der Waals surface area (Å²) in [6.45, 7) is 6.41. The van der Waals surface area contributed by atoms with Gasteiger partial charge in [-0.2, -0.15) is 0 Å². The van der Waals surface area contributed by atoms with Gasteiger partial charge in [-0.15, -0.1) is 0 Å². The monoisotopic (exact) mass is 249 g/mol. The first-order chi connectivity index (χ1) is 8.86. The fourth-order valence-electron chi connectivity index (χ4n) is 2.08. The number of ether oxygens (including phenoxy) is 1. The van der Waals surface area contributed by atoms with Gasteiger partial charge in [0.05, 0.1) is 6.61 Å². The third kappa shape index (κ3) is 6.65. The highest BCUT2D eigenvalue weighted by atomic mass is 16.5. The molecule has 0 radical (unpaired) electrons. The zero-order chi connectivity index (χ0) is 13.1. The molecule has 0 heterocycles. The Labute approximate surface area is 112 Å². The smallest absolute Gasteiger partial charge is 0.119 e. The first-order valence-electron chi connectivity index (χ1n) is 7.28. The van der Waals surface area contributed by atoms with E-state index in [-0.39, 0.29) is 0 Å². The van der Waals surface area contributed by atoms with Gasteiger partial charge in [-0.3, -0.25) is 0 Å². The Morgan fingerprint density at radius 2 is 1.83 bits per heavy atom. The zero-order valence-electron chi connectivity index (χ0n) is 11.8. The van der Waals surface area contributed by atoms with E-state index in [0.717, 1.165) is 25.3 Å². The lowest BCUT2D eigenvalue weighted by molar-refractivity contribution is 0.292. The van der Waals surface area contributed by atoms with Crippen molar-refractivity contribution in [1.29, 1.82) is 0 Å². The van der Waals surface area contributed by atoms with Crippen LogP contribution in [0.1, 0.15) is 46.0 Å². The quantitative estimate of drug-likeness (QED) is 0.632. The van der Waals surface area contributed by atoms with Crippen LogP contribution in [0.2, 0.25) is 0 Å². The Morgan fingerprint density at radius 3 is 2.50 bits per heavy atom. The van der Waals surface area contributed by atoms with Crippen molar-refractivity contribution in [2.75, 3.05) is 13.2 Å². The Bertz CT molecular complexity index is 286. The zero-order valence-corrected chi connectivity index (χ0v) is 11.8. The summed E-state index contributed by atoms with van der Waals surface area (Å²) in [5.41, 5.74) is 0. The van der Waals surface area contributed by atoms with E-state index in [4.69, 9.17) is 4.74 Å². The standard InChI is InChI=1S/C16H27NO/c1-3-9-15(17-13-4-2)10-8-14-18-16-11-6-5-7-12-16/h5-7,11-12,15,17H,3-4,8-10,13-14H2,1-2H3. The minimum Gasteiger partial charge on any atom is -0.494 e. The molecule has 2 heteroatoms. The summed E-state index contributed by atoms with van der Waals surface area (Å²) in [6.07, 6.45) is 6.06. The SMILES string of the molecule is CCCNC(CCC)CCCOc1ccccc1. The molecule has 0 saturated heterocycles. The molecule has 1 rings (SSSR count). The molecule has 0 aromatic heterocycles. The largest absolute Gasteiger partial charge is 0.494 e. The highest BCUT2D eigenvalue weighted by molar-refractivity contribution is 5.20. The van der Waals surface area contributed by atoms with Crippen molar-refractivity contribution in [1.82, 2.24) is 5.32 Å². The molecule has 1 atom stereocenters. The number of para-hydroxylation sites is 1. The van der Waals surface area contributed by atoms with E-state index in [9.17, 15) is 0 Å². The van der Waals surface area contributed by atoms with E-state index in [1.54, 1.807) is 0 Å². The van der Waals surface area contributed by atoms with E-state index < -0.39 is 0 Å². The van der Waals surface area contributed by atoms with Crippen LogP contribution in [0.3, 0.4) is 0 Å². The molecule has 0 bridgehead atoms. The molecule has 0 aliphatic heterocycles. The summed E-state index contributed by atoms with van der Waals surface area (Å²) in [5.74, 6) is 0.978. The van der Waals surface area contributed by atoms with Crippen molar-refractivity contribution in [2.24, 2.45) is 0 Å². The number of benzene rings is 1. The van der Waals surface area contributed by atoms with Crippen LogP contribution in [-0.2, 0) is 0 Å². The molecule has 0 fully saturated rings. The molecule has 1 N–H and O–H groups in total. The maximum atomic E-state index is 5.71. The Hall–Kier alpha value is -1.02. The van der Waals surface area contributed by atoms with Crippen LogP contribution < -0.4 is 10.1 Å². The highest BCUT2D eigenvalue weighted by Gasteiger charge is 2.05. The summed E-state index contributed by atoms with van der Waals surface area (Å²) < 4.78 is 5.71. The van der Waals surface area contributed by atoms with E-state index in [1.165, 1.54) is 25.7 Å².